The van der Waals surface area contributed by atoms with E-state index < -0.39 is 25.3 Å². The Balaban J connectivity index is 1.79. The predicted octanol–water partition coefficient (Wildman–Crippen LogP) is 2.11. The van der Waals surface area contributed by atoms with Crippen molar-refractivity contribution in [2.45, 2.75) is 31.1 Å². The van der Waals surface area contributed by atoms with Crippen LogP contribution in [0.5, 0.6) is 0 Å². The number of benzene rings is 2. The average molecular weight is 438 g/mol. The van der Waals surface area contributed by atoms with Crippen LogP contribution in [0.2, 0.25) is 0 Å². The zero-order chi connectivity index (χ0) is 21.2. The fourth-order valence-corrected chi connectivity index (χ4v) is 4.90. The minimum absolute atomic E-state index is 0.0517. The predicted molar refractivity (Wildman–Crippen MR) is 117 cm³/mol. The highest BCUT2D eigenvalue weighted by atomic mass is 32.2. The third kappa shape index (κ3) is 5.57. The van der Waals surface area contributed by atoms with Gasteiger partial charge in [0.25, 0.3) is 0 Å². The molecular formula is C20H27N3O4S2. The summed E-state index contributed by atoms with van der Waals surface area (Å²) in [6, 6.07) is 15.0. The number of hydrogen-bond donors (Lipinski definition) is 3. The molecule has 1 saturated heterocycles. The van der Waals surface area contributed by atoms with Crippen molar-refractivity contribution in [2.75, 3.05) is 24.1 Å². The van der Waals surface area contributed by atoms with E-state index in [-0.39, 0.29) is 12.0 Å². The molecule has 2 aromatic rings. The number of hydrogen-bond acceptors (Lipinski definition) is 5. The molecule has 0 unspecified atom stereocenters. The molecule has 0 amide bonds. The van der Waals surface area contributed by atoms with Crippen LogP contribution in [0.4, 0.5) is 5.69 Å². The Labute approximate surface area is 173 Å². The molecule has 158 valence electrons. The van der Waals surface area contributed by atoms with Gasteiger partial charge in [0.15, 0.2) is 0 Å². The molecular weight excluding hydrogens is 410 g/mol. The number of sulfonamides is 2. The molecule has 0 spiro atoms. The summed E-state index contributed by atoms with van der Waals surface area (Å²) in [5.74, 6) is 0.0517. The first-order valence-corrected chi connectivity index (χ1v) is 12.9. The van der Waals surface area contributed by atoms with Crippen molar-refractivity contribution in [3.05, 3.63) is 54.1 Å². The van der Waals surface area contributed by atoms with Gasteiger partial charge in [0.1, 0.15) is 0 Å². The van der Waals surface area contributed by atoms with Gasteiger partial charge < -0.3 is 5.32 Å². The molecule has 9 heteroatoms. The van der Waals surface area contributed by atoms with Gasteiger partial charge in [-0.15, -0.1) is 0 Å². The van der Waals surface area contributed by atoms with E-state index in [4.69, 9.17) is 0 Å². The molecule has 1 fully saturated rings. The fraction of sp³-hybridized carbons (Fsp3) is 0.400. The van der Waals surface area contributed by atoms with Crippen molar-refractivity contribution >= 4 is 25.7 Å². The molecule has 1 aliphatic heterocycles. The first-order valence-electron chi connectivity index (χ1n) is 9.45. The Morgan fingerprint density at radius 1 is 0.966 bits per heavy atom. The highest BCUT2D eigenvalue weighted by Gasteiger charge is 2.32. The van der Waals surface area contributed by atoms with Gasteiger partial charge in [-0.2, -0.15) is 0 Å². The van der Waals surface area contributed by atoms with E-state index in [0.717, 1.165) is 22.9 Å². The maximum atomic E-state index is 12.2. The van der Waals surface area contributed by atoms with Crippen LogP contribution >= 0.6 is 0 Å². The summed E-state index contributed by atoms with van der Waals surface area (Å²) in [6.07, 6.45) is 1.12. The van der Waals surface area contributed by atoms with Gasteiger partial charge in [0, 0.05) is 30.7 Å². The summed E-state index contributed by atoms with van der Waals surface area (Å²) in [6.45, 7) is 4.64. The van der Waals surface area contributed by atoms with Crippen molar-refractivity contribution in [1.82, 2.24) is 10.0 Å². The lowest BCUT2D eigenvalue weighted by Crippen LogP contribution is -2.42. The Morgan fingerprint density at radius 3 is 2.28 bits per heavy atom. The van der Waals surface area contributed by atoms with E-state index in [0.29, 0.717) is 18.8 Å². The molecule has 1 heterocycles. The SMILES string of the molecule is CC(C)S(=O)(=O)N[C@H]1CNC[C@@H]1c1ccc(-c2cccc(NS(C)(=O)=O)c2)cc1. The summed E-state index contributed by atoms with van der Waals surface area (Å²) >= 11 is 0. The van der Waals surface area contributed by atoms with Gasteiger partial charge in [0.05, 0.1) is 11.5 Å². The molecule has 2 aromatic carbocycles. The summed E-state index contributed by atoms with van der Waals surface area (Å²) in [5, 5.41) is 2.79. The van der Waals surface area contributed by atoms with Crippen LogP contribution in [0.25, 0.3) is 11.1 Å². The summed E-state index contributed by atoms with van der Waals surface area (Å²) in [7, 11) is -6.67. The maximum absolute atomic E-state index is 12.2. The molecule has 0 bridgehead atoms. The second-order valence-electron chi connectivity index (χ2n) is 7.66. The van der Waals surface area contributed by atoms with Gasteiger partial charge in [-0.25, -0.2) is 21.6 Å². The summed E-state index contributed by atoms with van der Waals surface area (Å²) in [4.78, 5) is 0. The molecule has 1 aliphatic rings. The standard InChI is InChI=1S/C20H27N3O4S2/c1-14(2)29(26,27)23-20-13-21-12-19(20)16-9-7-15(8-10-16)17-5-4-6-18(11-17)22-28(3,24)25/h4-11,14,19-23H,12-13H2,1-3H3/t19-,20+/m1/s1. The lowest BCUT2D eigenvalue weighted by Gasteiger charge is -2.22. The molecule has 2 atom stereocenters. The quantitative estimate of drug-likeness (QED) is 0.615. The van der Waals surface area contributed by atoms with E-state index in [1.54, 1.807) is 32.0 Å². The number of rotatable bonds is 7. The summed E-state index contributed by atoms with van der Waals surface area (Å²) < 4.78 is 52.7. The van der Waals surface area contributed by atoms with E-state index in [1.165, 1.54) is 0 Å². The molecule has 0 aliphatic carbocycles. The van der Waals surface area contributed by atoms with Crippen LogP contribution in [-0.2, 0) is 20.0 Å². The first kappa shape index (κ1) is 21.8. The monoisotopic (exact) mass is 437 g/mol. The largest absolute Gasteiger partial charge is 0.314 e. The molecule has 3 N–H and O–H groups in total. The van der Waals surface area contributed by atoms with E-state index in [2.05, 4.69) is 14.8 Å². The van der Waals surface area contributed by atoms with Crippen LogP contribution in [0.1, 0.15) is 25.3 Å². The maximum Gasteiger partial charge on any atom is 0.229 e. The van der Waals surface area contributed by atoms with E-state index >= 15 is 0 Å². The van der Waals surface area contributed by atoms with Gasteiger partial charge in [-0.05, 0) is 42.7 Å². The van der Waals surface area contributed by atoms with Crippen molar-refractivity contribution in [2.24, 2.45) is 0 Å². The normalized spacial score (nSPS) is 20.1. The van der Waals surface area contributed by atoms with Crippen LogP contribution in [0, 0.1) is 0 Å². The molecule has 29 heavy (non-hydrogen) atoms. The highest BCUT2D eigenvalue weighted by molar-refractivity contribution is 7.92. The second-order valence-corrected chi connectivity index (χ2v) is 11.7. The highest BCUT2D eigenvalue weighted by Crippen LogP contribution is 2.28. The smallest absolute Gasteiger partial charge is 0.229 e. The van der Waals surface area contributed by atoms with E-state index in [1.807, 2.05) is 30.3 Å². The number of anilines is 1. The van der Waals surface area contributed by atoms with Gasteiger partial charge in [0.2, 0.25) is 20.0 Å². The molecule has 0 aromatic heterocycles. The topological polar surface area (TPSA) is 104 Å². The van der Waals surface area contributed by atoms with Crippen molar-refractivity contribution in [3.8, 4) is 11.1 Å². The Bertz CT molecular complexity index is 1070. The average Bonchev–Trinajstić information content (AvgIpc) is 3.08. The van der Waals surface area contributed by atoms with Crippen LogP contribution in [0.3, 0.4) is 0 Å². The minimum atomic E-state index is -3.34. The van der Waals surface area contributed by atoms with Crippen LogP contribution in [-0.4, -0.2) is 47.5 Å². The zero-order valence-electron chi connectivity index (χ0n) is 16.7. The fourth-order valence-electron chi connectivity index (χ4n) is 3.40. The Hall–Kier alpha value is -1.94. The Kier molecular flexibility index (Phi) is 6.33. The van der Waals surface area contributed by atoms with Crippen molar-refractivity contribution in [3.63, 3.8) is 0 Å². The van der Waals surface area contributed by atoms with Crippen molar-refractivity contribution in [1.29, 1.82) is 0 Å². The first-order chi connectivity index (χ1) is 13.5. The summed E-state index contributed by atoms with van der Waals surface area (Å²) in [5.41, 5.74) is 3.42. The van der Waals surface area contributed by atoms with Crippen LogP contribution < -0.4 is 14.8 Å². The third-order valence-corrected chi connectivity index (χ3v) is 7.47. The second kappa shape index (κ2) is 8.43. The molecule has 0 radical (unpaired) electrons. The molecule has 3 rings (SSSR count). The minimum Gasteiger partial charge on any atom is -0.314 e. The van der Waals surface area contributed by atoms with E-state index in [9.17, 15) is 16.8 Å². The molecule has 7 nitrogen and oxygen atoms in total. The van der Waals surface area contributed by atoms with Crippen LogP contribution in [0.15, 0.2) is 48.5 Å². The van der Waals surface area contributed by atoms with Gasteiger partial charge in [-0.1, -0.05) is 36.4 Å². The third-order valence-electron chi connectivity index (χ3n) is 4.99. The van der Waals surface area contributed by atoms with Crippen molar-refractivity contribution < 1.29 is 16.8 Å². The number of nitrogens with one attached hydrogen (secondary N) is 3. The lowest BCUT2D eigenvalue weighted by molar-refractivity contribution is 0.534. The zero-order valence-corrected chi connectivity index (χ0v) is 18.3. The van der Waals surface area contributed by atoms with Gasteiger partial charge >= 0.3 is 0 Å². The molecule has 0 saturated carbocycles. The lowest BCUT2D eigenvalue weighted by atomic mass is 9.93. The Morgan fingerprint density at radius 2 is 1.66 bits per heavy atom. The van der Waals surface area contributed by atoms with Gasteiger partial charge in [-0.3, -0.25) is 4.72 Å².